The van der Waals surface area contributed by atoms with Crippen molar-refractivity contribution in [1.29, 1.82) is 0 Å². The van der Waals surface area contributed by atoms with Crippen LogP contribution in [0.5, 0.6) is 0 Å². The predicted molar refractivity (Wildman–Crippen MR) is 104 cm³/mol. The van der Waals surface area contributed by atoms with Gasteiger partial charge in [0.15, 0.2) is 0 Å². The van der Waals surface area contributed by atoms with Crippen LogP contribution in [-0.2, 0) is 11.2 Å². The number of aryl methyl sites for hydroxylation is 2. The molecule has 0 spiro atoms. The summed E-state index contributed by atoms with van der Waals surface area (Å²) in [5.74, 6) is -0.458. The van der Waals surface area contributed by atoms with Gasteiger partial charge in [0.1, 0.15) is 5.58 Å². The molecule has 3 rings (SSSR count). The molecule has 0 saturated carbocycles. The maximum atomic E-state index is 12.2. The summed E-state index contributed by atoms with van der Waals surface area (Å²) < 4.78 is 5.21. The predicted octanol–water partition coefficient (Wildman–Crippen LogP) is 3.01. The summed E-state index contributed by atoms with van der Waals surface area (Å²) in [7, 11) is 0. The van der Waals surface area contributed by atoms with Crippen LogP contribution in [0.3, 0.4) is 0 Å². The van der Waals surface area contributed by atoms with Crippen LogP contribution in [0, 0.1) is 24.0 Å². The summed E-state index contributed by atoms with van der Waals surface area (Å²) >= 11 is 0. The van der Waals surface area contributed by atoms with Gasteiger partial charge < -0.3 is 4.42 Å². The lowest BCUT2D eigenvalue weighted by molar-refractivity contribution is -0.385. The number of hydrogen-bond acceptors (Lipinski definition) is 6. The van der Waals surface area contributed by atoms with Crippen LogP contribution in [0.15, 0.2) is 56.8 Å². The zero-order valence-electron chi connectivity index (χ0n) is 15.3. The van der Waals surface area contributed by atoms with Crippen LogP contribution >= 0.6 is 0 Å². The number of fused-ring (bicyclic) bond motifs is 1. The van der Waals surface area contributed by atoms with Gasteiger partial charge in [-0.3, -0.25) is 14.9 Å². The van der Waals surface area contributed by atoms with Gasteiger partial charge in [-0.15, -0.1) is 0 Å². The molecular weight excluding hydrogens is 362 g/mol. The largest absolute Gasteiger partial charge is 0.423 e. The number of nitro groups is 1. The van der Waals surface area contributed by atoms with Gasteiger partial charge in [0.2, 0.25) is 5.91 Å². The van der Waals surface area contributed by atoms with E-state index in [-0.39, 0.29) is 17.7 Å². The second kappa shape index (κ2) is 7.83. The molecule has 0 radical (unpaired) electrons. The third-order valence-corrected chi connectivity index (χ3v) is 4.32. The highest BCUT2D eigenvalue weighted by Gasteiger charge is 2.12. The van der Waals surface area contributed by atoms with Crippen molar-refractivity contribution in [3.05, 3.63) is 85.3 Å². The van der Waals surface area contributed by atoms with Crippen molar-refractivity contribution in [3.8, 4) is 0 Å². The number of para-hydroxylation sites is 1. The molecular formula is C20H17N3O5. The van der Waals surface area contributed by atoms with E-state index in [4.69, 9.17) is 4.42 Å². The van der Waals surface area contributed by atoms with Crippen molar-refractivity contribution >= 4 is 28.8 Å². The molecule has 0 aliphatic heterocycles. The number of carbonyl (C=O) groups is 1. The Balaban J connectivity index is 1.80. The smallest absolute Gasteiger partial charge is 0.336 e. The molecule has 2 aromatic carbocycles. The molecule has 1 heterocycles. The summed E-state index contributed by atoms with van der Waals surface area (Å²) in [4.78, 5) is 34.5. The zero-order valence-corrected chi connectivity index (χ0v) is 15.3. The Morgan fingerprint density at radius 1 is 1.21 bits per heavy atom. The van der Waals surface area contributed by atoms with E-state index >= 15 is 0 Å². The summed E-state index contributed by atoms with van der Waals surface area (Å²) in [6.45, 7) is 3.84. The first-order chi connectivity index (χ1) is 13.3. The van der Waals surface area contributed by atoms with Gasteiger partial charge in [-0.2, -0.15) is 5.10 Å². The molecule has 1 amide bonds. The van der Waals surface area contributed by atoms with Crippen LogP contribution in [-0.4, -0.2) is 17.0 Å². The van der Waals surface area contributed by atoms with Crippen LogP contribution in [0.2, 0.25) is 0 Å². The first kappa shape index (κ1) is 19.0. The minimum Gasteiger partial charge on any atom is -0.423 e. The lowest BCUT2D eigenvalue weighted by Gasteiger charge is -2.07. The zero-order chi connectivity index (χ0) is 20.3. The lowest BCUT2D eigenvalue weighted by atomic mass is 10.0. The van der Waals surface area contributed by atoms with E-state index in [0.29, 0.717) is 16.5 Å². The van der Waals surface area contributed by atoms with Crippen molar-refractivity contribution in [2.24, 2.45) is 5.10 Å². The van der Waals surface area contributed by atoms with Gasteiger partial charge in [0.25, 0.3) is 5.69 Å². The summed E-state index contributed by atoms with van der Waals surface area (Å²) in [5.41, 5.74) is 4.88. The molecule has 0 atom stereocenters. The van der Waals surface area contributed by atoms with E-state index in [1.54, 1.807) is 18.2 Å². The van der Waals surface area contributed by atoms with Gasteiger partial charge in [0, 0.05) is 17.5 Å². The third-order valence-electron chi connectivity index (χ3n) is 4.32. The molecule has 1 N–H and O–H groups in total. The molecule has 8 nitrogen and oxygen atoms in total. The average Bonchev–Trinajstić information content (AvgIpc) is 2.63. The quantitative estimate of drug-likeness (QED) is 0.317. The second-order valence-corrected chi connectivity index (χ2v) is 6.31. The first-order valence-corrected chi connectivity index (χ1v) is 8.44. The molecule has 142 valence electrons. The molecule has 8 heteroatoms. The fourth-order valence-electron chi connectivity index (χ4n) is 2.78. The third kappa shape index (κ3) is 4.12. The van der Waals surface area contributed by atoms with Gasteiger partial charge >= 0.3 is 5.63 Å². The lowest BCUT2D eigenvalue weighted by Crippen LogP contribution is -2.20. The molecule has 0 unspecified atom stereocenters. The van der Waals surface area contributed by atoms with Crippen LogP contribution in [0.4, 0.5) is 5.69 Å². The molecule has 0 bridgehead atoms. The number of nitro benzene ring substituents is 1. The van der Waals surface area contributed by atoms with E-state index in [9.17, 15) is 19.7 Å². The Hall–Kier alpha value is -3.81. The molecule has 0 aliphatic carbocycles. The minimum absolute atomic E-state index is 0.0845. The Bertz CT molecular complexity index is 1160. The number of hydrogen-bond donors (Lipinski definition) is 1. The summed E-state index contributed by atoms with van der Waals surface area (Å²) in [5, 5.41) is 15.5. The van der Waals surface area contributed by atoms with E-state index in [2.05, 4.69) is 10.5 Å². The standard InChI is InChI=1S/C20H17N3O5/c1-12-7-16-15(10-20(25)28-18(16)8-13(12)2)9-19(24)22-21-11-14-5-3-4-6-17(14)23(26)27/h3-8,10-11H,9H2,1-2H3,(H,22,24)/b21-11+. The highest BCUT2D eigenvalue weighted by Crippen LogP contribution is 2.22. The Kier molecular flexibility index (Phi) is 5.30. The number of carbonyl (C=O) groups excluding carboxylic acids is 1. The van der Waals surface area contributed by atoms with E-state index in [1.807, 2.05) is 19.9 Å². The fourth-order valence-corrected chi connectivity index (χ4v) is 2.78. The van der Waals surface area contributed by atoms with E-state index in [0.717, 1.165) is 11.1 Å². The molecule has 3 aromatic rings. The van der Waals surface area contributed by atoms with Gasteiger partial charge in [0.05, 0.1) is 23.1 Å². The van der Waals surface area contributed by atoms with Crippen molar-refractivity contribution in [2.45, 2.75) is 20.3 Å². The SMILES string of the molecule is Cc1cc2oc(=O)cc(CC(=O)N/N=C/c3ccccc3[N+](=O)[O-])c2cc1C. The second-order valence-electron chi connectivity index (χ2n) is 6.31. The average molecular weight is 379 g/mol. The Morgan fingerprint density at radius 3 is 2.68 bits per heavy atom. The van der Waals surface area contributed by atoms with Crippen molar-refractivity contribution in [3.63, 3.8) is 0 Å². The molecule has 0 fully saturated rings. The van der Waals surface area contributed by atoms with Crippen molar-refractivity contribution < 1.29 is 14.1 Å². The Labute approximate surface area is 159 Å². The van der Waals surface area contributed by atoms with E-state index in [1.165, 1.54) is 24.4 Å². The van der Waals surface area contributed by atoms with Crippen LogP contribution in [0.25, 0.3) is 11.0 Å². The highest BCUT2D eigenvalue weighted by atomic mass is 16.6. The molecule has 1 aromatic heterocycles. The molecule has 0 aliphatic rings. The molecule has 28 heavy (non-hydrogen) atoms. The fraction of sp³-hybridized carbons (Fsp3) is 0.150. The number of hydrazone groups is 1. The van der Waals surface area contributed by atoms with Crippen LogP contribution < -0.4 is 11.1 Å². The number of amides is 1. The van der Waals surface area contributed by atoms with Gasteiger partial charge in [-0.25, -0.2) is 10.2 Å². The molecule has 0 saturated heterocycles. The Morgan fingerprint density at radius 2 is 1.93 bits per heavy atom. The maximum Gasteiger partial charge on any atom is 0.336 e. The van der Waals surface area contributed by atoms with Crippen LogP contribution in [0.1, 0.15) is 22.3 Å². The number of nitrogens with one attached hydrogen (secondary N) is 1. The van der Waals surface area contributed by atoms with E-state index < -0.39 is 16.5 Å². The minimum atomic E-state index is -0.540. The normalized spacial score (nSPS) is 11.1. The highest BCUT2D eigenvalue weighted by molar-refractivity contribution is 5.89. The number of rotatable bonds is 5. The maximum absolute atomic E-state index is 12.2. The monoisotopic (exact) mass is 379 g/mol. The van der Waals surface area contributed by atoms with Gasteiger partial charge in [-0.1, -0.05) is 12.1 Å². The first-order valence-electron chi connectivity index (χ1n) is 8.44. The summed E-state index contributed by atoms with van der Waals surface area (Å²) in [6, 6.07) is 11.0. The summed E-state index contributed by atoms with van der Waals surface area (Å²) in [6.07, 6.45) is 1.12. The number of nitrogens with zero attached hydrogens (tertiary/aromatic N) is 2. The van der Waals surface area contributed by atoms with Crippen molar-refractivity contribution in [2.75, 3.05) is 0 Å². The van der Waals surface area contributed by atoms with Gasteiger partial charge in [-0.05, 0) is 48.7 Å². The number of benzene rings is 2. The topological polar surface area (TPSA) is 115 Å². The van der Waals surface area contributed by atoms with Crippen molar-refractivity contribution in [1.82, 2.24) is 5.43 Å².